The van der Waals surface area contributed by atoms with E-state index < -0.39 is 0 Å². The molecule has 6 heteroatoms. The molecule has 0 bridgehead atoms. The lowest BCUT2D eigenvalue weighted by atomic mass is 10.0. The van der Waals surface area contributed by atoms with E-state index in [9.17, 15) is 4.79 Å². The minimum atomic E-state index is -0.217. The maximum Gasteiger partial charge on any atom is 0.319 e. The SMILES string of the molecule is Cc1ccc(NC(=O)NCC2c3c(Br)cccc3-c3cncn32)cc1. The van der Waals surface area contributed by atoms with Crippen LogP contribution in [-0.4, -0.2) is 22.1 Å². The second-order valence-corrected chi connectivity index (χ2v) is 6.96. The van der Waals surface area contributed by atoms with Crippen molar-refractivity contribution >= 4 is 27.6 Å². The summed E-state index contributed by atoms with van der Waals surface area (Å²) in [7, 11) is 0. The van der Waals surface area contributed by atoms with Crippen molar-refractivity contribution in [3.63, 3.8) is 0 Å². The van der Waals surface area contributed by atoms with E-state index >= 15 is 0 Å². The summed E-state index contributed by atoms with van der Waals surface area (Å²) in [5, 5.41) is 5.83. The highest BCUT2D eigenvalue weighted by Gasteiger charge is 2.30. The standard InChI is InChI=1S/C19H17BrN4O/c1-12-5-7-13(8-6-12)23-19(25)22-10-17-18-14(3-2-4-15(18)20)16-9-21-11-24(16)17/h2-9,11,17H,10H2,1H3,(H2,22,23,25). The largest absolute Gasteiger partial charge is 0.335 e. The molecule has 3 aromatic rings. The van der Waals surface area contributed by atoms with Crippen LogP contribution in [0.2, 0.25) is 0 Å². The summed E-state index contributed by atoms with van der Waals surface area (Å²) in [5.41, 5.74) is 5.33. The topological polar surface area (TPSA) is 59.0 Å². The Morgan fingerprint density at radius 2 is 2.04 bits per heavy atom. The third-order valence-corrected chi connectivity index (χ3v) is 5.12. The van der Waals surface area contributed by atoms with Crippen LogP contribution in [0.4, 0.5) is 10.5 Å². The first kappa shape index (κ1) is 15.9. The van der Waals surface area contributed by atoms with E-state index in [2.05, 4.69) is 42.2 Å². The summed E-state index contributed by atoms with van der Waals surface area (Å²) in [5.74, 6) is 0. The first-order valence-electron chi connectivity index (χ1n) is 8.05. The van der Waals surface area contributed by atoms with Crippen LogP contribution in [0.15, 0.2) is 59.5 Å². The summed E-state index contributed by atoms with van der Waals surface area (Å²) in [6.45, 7) is 2.50. The van der Waals surface area contributed by atoms with Crippen molar-refractivity contribution < 1.29 is 4.79 Å². The highest BCUT2D eigenvalue weighted by atomic mass is 79.9. The number of amides is 2. The first-order valence-corrected chi connectivity index (χ1v) is 8.85. The number of nitrogens with zero attached hydrogens (tertiary/aromatic N) is 2. The number of hydrogen-bond acceptors (Lipinski definition) is 2. The van der Waals surface area contributed by atoms with Gasteiger partial charge in [-0.15, -0.1) is 0 Å². The predicted molar refractivity (Wildman–Crippen MR) is 102 cm³/mol. The van der Waals surface area contributed by atoms with Gasteiger partial charge < -0.3 is 15.2 Å². The van der Waals surface area contributed by atoms with Gasteiger partial charge in [0, 0.05) is 27.8 Å². The van der Waals surface area contributed by atoms with Crippen LogP contribution in [0.5, 0.6) is 0 Å². The van der Waals surface area contributed by atoms with Crippen LogP contribution >= 0.6 is 15.9 Å². The molecule has 1 unspecified atom stereocenters. The molecule has 25 heavy (non-hydrogen) atoms. The van der Waals surface area contributed by atoms with Crippen molar-refractivity contribution in [2.24, 2.45) is 0 Å². The fourth-order valence-corrected chi connectivity index (χ4v) is 3.83. The summed E-state index contributed by atoms with van der Waals surface area (Å²) >= 11 is 3.64. The number of carbonyl (C=O) groups excluding carboxylic acids is 1. The zero-order valence-corrected chi connectivity index (χ0v) is 15.2. The number of fused-ring (bicyclic) bond motifs is 3. The van der Waals surface area contributed by atoms with E-state index in [1.54, 1.807) is 0 Å². The summed E-state index contributed by atoms with van der Waals surface area (Å²) in [6, 6.07) is 13.7. The number of imidazole rings is 1. The minimum absolute atomic E-state index is 0.0202. The van der Waals surface area contributed by atoms with Crippen molar-refractivity contribution in [2.75, 3.05) is 11.9 Å². The van der Waals surface area contributed by atoms with Crippen molar-refractivity contribution in [2.45, 2.75) is 13.0 Å². The molecule has 5 nitrogen and oxygen atoms in total. The van der Waals surface area contributed by atoms with Crippen molar-refractivity contribution in [1.29, 1.82) is 0 Å². The quantitative estimate of drug-likeness (QED) is 0.691. The lowest BCUT2D eigenvalue weighted by Gasteiger charge is -2.17. The molecule has 126 valence electrons. The van der Waals surface area contributed by atoms with E-state index in [1.807, 2.05) is 55.8 Å². The molecule has 1 aliphatic rings. The van der Waals surface area contributed by atoms with Gasteiger partial charge in [-0.25, -0.2) is 9.78 Å². The van der Waals surface area contributed by atoms with Gasteiger partial charge in [0.25, 0.3) is 0 Å². The lowest BCUT2D eigenvalue weighted by molar-refractivity contribution is 0.251. The molecule has 1 aliphatic heterocycles. The van der Waals surface area contributed by atoms with Gasteiger partial charge in [0.05, 0.1) is 24.3 Å². The monoisotopic (exact) mass is 396 g/mol. The second kappa shape index (κ2) is 6.37. The van der Waals surface area contributed by atoms with E-state index in [0.29, 0.717) is 6.54 Å². The molecule has 0 saturated carbocycles. The molecule has 0 saturated heterocycles. The number of aryl methyl sites for hydroxylation is 1. The number of urea groups is 1. The fraction of sp³-hybridized carbons (Fsp3) is 0.158. The number of carbonyl (C=O) groups is 1. The second-order valence-electron chi connectivity index (χ2n) is 6.10. The van der Waals surface area contributed by atoms with Crippen LogP contribution < -0.4 is 10.6 Å². The number of anilines is 1. The lowest BCUT2D eigenvalue weighted by Crippen LogP contribution is -2.33. The Morgan fingerprint density at radius 1 is 1.24 bits per heavy atom. The van der Waals surface area contributed by atoms with E-state index in [-0.39, 0.29) is 12.1 Å². The third kappa shape index (κ3) is 2.93. The molecule has 2 heterocycles. The Labute approximate surface area is 154 Å². The van der Waals surface area contributed by atoms with Crippen molar-refractivity contribution in [3.05, 3.63) is 70.6 Å². The Hall–Kier alpha value is -2.60. The first-order chi connectivity index (χ1) is 12.1. The van der Waals surface area contributed by atoms with Gasteiger partial charge in [0.1, 0.15) is 0 Å². The van der Waals surface area contributed by atoms with Crippen molar-refractivity contribution in [3.8, 4) is 11.3 Å². The molecule has 1 atom stereocenters. The number of halogens is 1. The highest BCUT2D eigenvalue weighted by Crippen LogP contribution is 2.42. The maximum atomic E-state index is 12.2. The molecule has 2 aromatic carbocycles. The Morgan fingerprint density at radius 3 is 2.84 bits per heavy atom. The van der Waals surface area contributed by atoms with Gasteiger partial charge in [-0.3, -0.25) is 0 Å². The molecule has 2 N–H and O–H groups in total. The molecule has 0 fully saturated rings. The normalized spacial score (nSPS) is 14.7. The van der Waals surface area contributed by atoms with E-state index in [4.69, 9.17) is 0 Å². The van der Waals surface area contributed by atoms with Crippen LogP contribution in [0.25, 0.3) is 11.3 Å². The van der Waals surface area contributed by atoms with Gasteiger partial charge >= 0.3 is 6.03 Å². The van der Waals surface area contributed by atoms with Gasteiger partial charge in [0.2, 0.25) is 0 Å². The molecule has 2 amide bonds. The zero-order valence-electron chi connectivity index (χ0n) is 13.7. The van der Waals surface area contributed by atoms with E-state index in [1.165, 1.54) is 5.56 Å². The predicted octanol–water partition coefficient (Wildman–Crippen LogP) is 4.35. The molecular weight excluding hydrogens is 380 g/mol. The molecule has 1 aromatic heterocycles. The number of rotatable bonds is 3. The molecule has 4 rings (SSSR count). The zero-order chi connectivity index (χ0) is 17.4. The third-order valence-electron chi connectivity index (χ3n) is 4.43. The summed E-state index contributed by atoms with van der Waals surface area (Å²) < 4.78 is 3.14. The maximum absolute atomic E-state index is 12.2. The Kier molecular flexibility index (Phi) is 4.05. The van der Waals surface area contributed by atoms with Gasteiger partial charge in [-0.1, -0.05) is 45.8 Å². The van der Waals surface area contributed by atoms with Crippen molar-refractivity contribution in [1.82, 2.24) is 14.9 Å². The molecular formula is C19H17BrN4O. The molecule has 0 radical (unpaired) electrons. The van der Waals surface area contributed by atoms with Crippen LogP contribution in [0.1, 0.15) is 17.2 Å². The van der Waals surface area contributed by atoms with Gasteiger partial charge in [0.15, 0.2) is 0 Å². The number of hydrogen-bond donors (Lipinski definition) is 2. The van der Waals surface area contributed by atoms with Gasteiger partial charge in [-0.2, -0.15) is 0 Å². The molecule has 0 aliphatic carbocycles. The number of benzene rings is 2. The number of aromatic nitrogens is 2. The van der Waals surface area contributed by atoms with Crippen LogP contribution in [0.3, 0.4) is 0 Å². The fourth-order valence-electron chi connectivity index (χ4n) is 3.20. The average Bonchev–Trinajstić information content (AvgIpc) is 3.17. The van der Waals surface area contributed by atoms with E-state index in [0.717, 1.165) is 27.0 Å². The van der Waals surface area contributed by atoms with Crippen LogP contribution in [-0.2, 0) is 0 Å². The van der Waals surface area contributed by atoms with Gasteiger partial charge in [-0.05, 0) is 25.1 Å². The Balaban J connectivity index is 1.50. The molecule has 0 spiro atoms. The highest BCUT2D eigenvalue weighted by molar-refractivity contribution is 9.10. The summed E-state index contributed by atoms with van der Waals surface area (Å²) in [6.07, 6.45) is 3.67. The smallest absolute Gasteiger partial charge is 0.319 e. The average molecular weight is 397 g/mol. The minimum Gasteiger partial charge on any atom is -0.335 e. The Bertz CT molecular complexity index is 933. The van der Waals surface area contributed by atoms with Crippen LogP contribution in [0, 0.1) is 6.92 Å². The summed E-state index contributed by atoms with van der Waals surface area (Å²) in [4.78, 5) is 16.5. The number of nitrogens with one attached hydrogen (secondary N) is 2.